The summed E-state index contributed by atoms with van der Waals surface area (Å²) in [6.45, 7) is 7.29. The molecule has 1 aliphatic rings. The van der Waals surface area contributed by atoms with Crippen LogP contribution in [0.25, 0.3) is 0 Å². The molecule has 1 heterocycles. The Morgan fingerprint density at radius 1 is 1.24 bits per heavy atom. The van der Waals surface area contributed by atoms with E-state index in [0.717, 1.165) is 42.3 Å². The zero-order valence-electron chi connectivity index (χ0n) is 20.0. The van der Waals surface area contributed by atoms with Crippen LogP contribution in [-0.2, 0) is 38.3 Å². The molecule has 1 aromatic rings. The van der Waals surface area contributed by atoms with Gasteiger partial charge in [-0.1, -0.05) is 25.0 Å². The molecule has 0 bridgehead atoms. The van der Waals surface area contributed by atoms with E-state index in [4.69, 9.17) is 25.6 Å². The van der Waals surface area contributed by atoms with Gasteiger partial charge in [0.05, 0.1) is 18.9 Å². The first-order valence-electron chi connectivity index (χ1n) is 11.4. The molecule has 8 nitrogen and oxygen atoms in total. The van der Waals surface area contributed by atoms with E-state index in [-0.39, 0.29) is 5.88 Å². The third kappa shape index (κ3) is 8.92. The van der Waals surface area contributed by atoms with Gasteiger partial charge in [-0.15, -0.1) is 0 Å². The lowest BCUT2D eigenvalue weighted by Crippen LogP contribution is -2.37. The Kier molecular flexibility index (Phi) is 11.3. The molecule has 1 aliphatic heterocycles. The fraction of sp³-hybridized carbons (Fsp3) is 0.682. The number of ether oxygens (including phenoxy) is 1. The van der Waals surface area contributed by atoms with Crippen LogP contribution in [-0.4, -0.2) is 52.8 Å². The summed E-state index contributed by atoms with van der Waals surface area (Å²) in [6, 6.07) is 5.43. The number of fused-ring (bicyclic) bond motifs is 1. The predicted molar refractivity (Wildman–Crippen MR) is 137 cm³/mol. The minimum Gasteiger partial charge on any atom is -0.485 e. The van der Waals surface area contributed by atoms with Crippen LogP contribution in [0.1, 0.15) is 58.9 Å². The zero-order chi connectivity index (χ0) is 24.5. The average molecular weight is 521 g/mol. The summed E-state index contributed by atoms with van der Waals surface area (Å²) in [7, 11) is -1.53. The lowest BCUT2D eigenvalue weighted by Gasteiger charge is -2.23. The molecule has 0 saturated carbocycles. The lowest BCUT2D eigenvalue weighted by atomic mass is 10.0. The normalized spacial score (nSPS) is 15.6. The fourth-order valence-corrected chi connectivity index (χ4v) is 7.43. The number of anilines is 1. The summed E-state index contributed by atoms with van der Waals surface area (Å²) in [5.41, 5.74) is 1.000. The molecule has 0 spiro atoms. The quantitative estimate of drug-likeness (QED) is 0.247. The third-order valence-electron chi connectivity index (χ3n) is 5.11. The van der Waals surface area contributed by atoms with Crippen molar-refractivity contribution in [2.75, 3.05) is 36.7 Å². The van der Waals surface area contributed by atoms with Crippen LogP contribution in [0, 0.1) is 0 Å². The monoisotopic (exact) mass is 520 g/mol. The van der Waals surface area contributed by atoms with E-state index in [1.165, 1.54) is 0 Å². The Balaban J connectivity index is 1.77. The van der Waals surface area contributed by atoms with E-state index < -0.39 is 29.2 Å². The fourth-order valence-electron chi connectivity index (χ4n) is 3.73. The minimum absolute atomic E-state index is 0.165. The minimum atomic E-state index is -2.16. The highest BCUT2D eigenvalue weighted by molar-refractivity contribution is 8.09. The van der Waals surface area contributed by atoms with Gasteiger partial charge in [0.15, 0.2) is 6.49 Å². The Bertz CT molecular complexity index is 857. The molecule has 1 atom stereocenters. The van der Waals surface area contributed by atoms with Gasteiger partial charge >= 0.3 is 6.09 Å². The summed E-state index contributed by atoms with van der Waals surface area (Å²) < 4.78 is 32.7. The number of unbranched alkanes of at least 4 members (excludes halogenated alkanes) is 3. The summed E-state index contributed by atoms with van der Waals surface area (Å²) in [5.74, 6) is 0.392. The zero-order valence-corrected chi connectivity index (χ0v) is 22.5. The van der Waals surface area contributed by atoms with Crippen molar-refractivity contribution >= 4 is 41.1 Å². The molecule has 188 valence electrons. The van der Waals surface area contributed by atoms with Gasteiger partial charge in [0.25, 0.3) is 0 Å². The molecule has 2 N–H and O–H groups in total. The molecule has 2 rings (SSSR count). The highest BCUT2D eigenvalue weighted by atomic mass is 32.5. The van der Waals surface area contributed by atoms with Crippen molar-refractivity contribution in [2.45, 2.75) is 65.4 Å². The maximum atomic E-state index is 12.5. The van der Waals surface area contributed by atoms with E-state index in [1.807, 2.05) is 39.8 Å². The van der Waals surface area contributed by atoms with E-state index in [0.29, 0.717) is 37.6 Å². The number of hydrogen-bond donors (Lipinski definition) is 2. The molecule has 0 radical (unpaired) electrons. The summed E-state index contributed by atoms with van der Waals surface area (Å²) in [5, 5.41) is 9.73. The van der Waals surface area contributed by atoms with Gasteiger partial charge in [-0.2, -0.15) is 0 Å². The van der Waals surface area contributed by atoms with Crippen molar-refractivity contribution in [2.24, 2.45) is 0 Å². The Morgan fingerprint density at radius 3 is 2.55 bits per heavy atom. The van der Waals surface area contributed by atoms with E-state index in [2.05, 4.69) is 4.72 Å². The van der Waals surface area contributed by atoms with Crippen molar-refractivity contribution in [1.29, 1.82) is 0 Å². The van der Waals surface area contributed by atoms with Crippen LogP contribution in [0.5, 0.6) is 5.75 Å². The molecule has 0 aliphatic carbocycles. The maximum absolute atomic E-state index is 12.5. The first-order chi connectivity index (χ1) is 15.6. The van der Waals surface area contributed by atoms with Crippen molar-refractivity contribution < 1.29 is 27.9 Å². The van der Waals surface area contributed by atoms with Gasteiger partial charge in [-0.05, 0) is 58.4 Å². The Morgan fingerprint density at radius 2 is 1.91 bits per heavy atom. The van der Waals surface area contributed by atoms with Crippen LogP contribution in [0.3, 0.4) is 0 Å². The number of nitrogens with one attached hydrogen (secondary N) is 1. The average Bonchev–Trinajstić information content (AvgIpc) is 3.05. The molecule has 33 heavy (non-hydrogen) atoms. The van der Waals surface area contributed by atoms with Gasteiger partial charge in [-0.25, -0.2) is 13.7 Å². The second-order valence-electron chi connectivity index (χ2n) is 8.47. The molecule has 11 heteroatoms. The van der Waals surface area contributed by atoms with Crippen molar-refractivity contribution in [1.82, 2.24) is 4.72 Å². The number of benzene rings is 1. The smallest absolute Gasteiger partial charge is 0.412 e. The largest absolute Gasteiger partial charge is 0.485 e. The van der Waals surface area contributed by atoms with Crippen LogP contribution in [0.2, 0.25) is 0 Å². The molecule has 0 fully saturated rings. The van der Waals surface area contributed by atoms with Crippen LogP contribution in [0.15, 0.2) is 18.2 Å². The number of amides is 1. The highest BCUT2D eigenvalue weighted by Crippen LogP contribution is 2.49. The van der Waals surface area contributed by atoms with Gasteiger partial charge in [0.2, 0.25) is 0 Å². The van der Waals surface area contributed by atoms with Crippen LogP contribution >= 0.6 is 6.49 Å². The molecular weight excluding hydrogens is 483 g/mol. The van der Waals surface area contributed by atoms with Gasteiger partial charge < -0.3 is 18.9 Å². The standard InChI is InChI=1S/C22H37N2O6PS2/c1-5-28-31(32,29-6-2)15-10-8-7-9-14-23-33(27)17-24(21(25)26)19-13-11-12-18-16-22(3,4)30-20(18)19/h11-13,23H,5-10,14-17H2,1-4H3,(H,25,26). The van der Waals surface area contributed by atoms with Crippen molar-refractivity contribution in [3.8, 4) is 5.75 Å². The van der Waals surface area contributed by atoms with E-state index >= 15 is 0 Å². The SMILES string of the molecule is CCOP(=S)(CCCCCCNS(=O)CN(C(=O)O)c1cccc2c1OC(C)(C)C2)OCC. The molecule has 1 unspecified atom stereocenters. The maximum Gasteiger partial charge on any atom is 0.412 e. The van der Waals surface area contributed by atoms with E-state index in [1.54, 1.807) is 6.07 Å². The molecule has 1 aromatic carbocycles. The molecular formula is C22H37N2O6PS2. The molecule has 0 aromatic heterocycles. The second-order valence-corrected chi connectivity index (χ2v) is 13.6. The third-order valence-corrected chi connectivity index (χ3v) is 9.48. The Hall–Kier alpha value is -1.03. The van der Waals surface area contributed by atoms with Gasteiger partial charge in [0.1, 0.15) is 28.2 Å². The summed E-state index contributed by atoms with van der Waals surface area (Å²) >= 11 is 5.53. The number of nitrogens with zero attached hydrogens (tertiary/aromatic N) is 1. The van der Waals surface area contributed by atoms with Crippen LogP contribution < -0.4 is 14.4 Å². The number of para-hydroxylation sites is 1. The van der Waals surface area contributed by atoms with Gasteiger partial charge in [-0.3, -0.25) is 4.90 Å². The molecule has 0 saturated heterocycles. The van der Waals surface area contributed by atoms with Crippen molar-refractivity contribution in [3.05, 3.63) is 23.8 Å². The summed E-state index contributed by atoms with van der Waals surface area (Å²) in [6.07, 6.45) is 4.01. The first-order valence-corrected chi connectivity index (χ1v) is 15.6. The number of carboxylic acid groups (broad SMARTS) is 1. The van der Waals surface area contributed by atoms with Crippen LogP contribution in [0.4, 0.5) is 10.5 Å². The number of carbonyl (C=O) groups is 1. The number of hydrogen-bond acceptors (Lipinski definition) is 6. The Labute approximate surface area is 205 Å². The lowest BCUT2D eigenvalue weighted by molar-refractivity contribution is 0.138. The van der Waals surface area contributed by atoms with E-state index in [9.17, 15) is 14.1 Å². The second kappa shape index (κ2) is 13.2. The predicted octanol–water partition coefficient (Wildman–Crippen LogP) is 5.04. The summed E-state index contributed by atoms with van der Waals surface area (Å²) in [4.78, 5) is 13.0. The first kappa shape index (κ1) is 28.2. The number of rotatable bonds is 15. The topological polar surface area (TPSA) is 97.3 Å². The van der Waals surface area contributed by atoms with Gasteiger partial charge in [0, 0.05) is 24.7 Å². The highest BCUT2D eigenvalue weighted by Gasteiger charge is 2.34. The molecule has 1 amide bonds. The van der Waals surface area contributed by atoms with Crippen molar-refractivity contribution in [3.63, 3.8) is 0 Å².